The Kier molecular flexibility index (Phi) is 7.54. The van der Waals surface area contributed by atoms with E-state index in [0.29, 0.717) is 44.3 Å². The lowest BCUT2D eigenvalue weighted by molar-refractivity contribution is -0.147. The lowest BCUT2D eigenvalue weighted by Gasteiger charge is -2.47. The second kappa shape index (κ2) is 10.9. The number of aliphatic hydroxyl groups excluding tert-OH is 1. The number of methoxy groups -OCH3 is 1. The first-order valence-electron chi connectivity index (χ1n) is 12.8. The largest absolute Gasteiger partial charge is 0.481 e. The van der Waals surface area contributed by atoms with E-state index in [4.69, 9.17) is 4.74 Å². The van der Waals surface area contributed by atoms with Crippen LogP contribution < -0.4 is 4.74 Å². The van der Waals surface area contributed by atoms with Gasteiger partial charge in [0.25, 0.3) is 0 Å². The molecule has 5 rings (SSSR count). The van der Waals surface area contributed by atoms with Gasteiger partial charge < -0.3 is 14.9 Å². The highest BCUT2D eigenvalue weighted by atomic mass is 19.1. The summed E-state index contributed by atoms with van der Waals surface area (Å²) in [7, 11) is 1.44. The molecule has 1 saturated heterocycles. The van der Waals surface area contributed by atoms with Gasteiger partial charge in [-0.2, -0.15) is 0 Å². The van der Waals surface area contributed by atoms with Crippen molar-refractivity contribution in [3.8, 4) is 5.88 Å². The van der Waals surface area contributed by atoms with Gasteiger partial charge in [0.1, 0.15) is 23.0 Å². The quantitative estimate of drug-likeness (QED) is 0.431. The van der Waals surface area contributed by atoms with Crippen LogP contribution in [0.4, 0.5) is 13.2 Å². The zero-order valence-corrected chi connectivity index (χ0v) is 21.0. The lowest BCUT2D eigenvalue weighted by atomic mass is 9.72. The van der Waals surface area contributed by atoms with Crippen molar-refractivity contribution < 1.29 is 32.9 Å². The Labute approximate surface area is 218 Å². The van der Waals surface area contributed by atoms with Gasteiger partial charge in [0.05, 0.1) is 30.8 Å². The normalized spacial score (nSPS) is 24.7. The number of halogens is 3. The number of hydrogen-bond donors (Lipinski definition) is 2. The Hall–Kier alpha value is -3.24. The maximum Gasteiger partial charge on any atom is 0.308 e. The van der Waals surface area contributed by atoms with Gasteiger partial charge in [0.15, 0.2) is 0 Å². The number of aliphatic hydroxyl groups is 1. The number of fused-ring (bicyclic) bond motifs is 1. The second-order valence-corrected chi connectivity index (χ2v) is 10.3. The van der Waals surface area contributed by atoms with Gasteiger partial charge in [-0.1, -0.05) is 6.07 Å². The van der Waals surface area contributed by atoms with Gasteiger partial charge in [-0.3, -0.25) is 14.7 Å². The predicted molar refractivity (Wildman–Crippen MR) is 133 cm³/mol. The molecule has 202 valence electrons. The number of carbonyl (C=O) groups is 1. The van der Waals surface area contributed by atoms with Gasteiger partial charge in [-0.15, -0.1) is 0 Å². The zero-order valence-electron chi connectivity index (χ0n) is 21.0. The van der Waals surface area contributed by atoms with Crippen molar-refractivity contribution in [3.63, 3.8) is 0 Å². The minimum Gasteiger partial charge on any atom is -0.481 e. The molecule has 2 fully saturated rings. The van der Waals surface area contributed by atoms with Gasteiger partial charge in [0, 0.05) is 29.8 Å². The van der Waals surface area contributed by atoms with Gasteiger partial charge in [-0.25, -0.2) is 18.2 Å². The molecule has 2 aliphatic rings. The molecule has 0 spiro atoms. The van der Waals surface area contributed by atoms with Gasteiger partial charge in [0.2, 0.25) is 5.88 Å². The molecule has 0 bridgehead atoms. The average molecular weight is 530 g/mol. The molecule has 1 aliphatic heterocycles. The van der Waals surface area contributed by atoms with Crippen LogP contribution in [-0.4, -0.2) is 57.3 Å². The third kappa shape index (κ3) is 5.07. The second-order valence-electron chi connectivity index (χ2n) is 10.3. The summed E-state index contributed by atoms with van der Waals surface area (Å²) in [6.45, 7) is 0.992. The molecule has 7 nitrogen and oxygen atoms in total. The Morgan fingerprint density at radius 2 is 1.89 bits per heavy atom. The Bertz CT molecular complexity index is 1310. The first-order chi connectivity index (χ1) is 18.3. The molecule has 0 amide bonds. The van der Waals surface area contributed by atoms with Crippen molar-refractivity contribution in [1.82, 2.24) is 14.9 Å². The van der Waals surface area contributed by atoms with Crippen LogP contribution in [-0.2, 0) is 4.79 Å². The first-order valence-corrected chi connectivity index (χ1v) is 12.8. The topological polar surface area (TPSA) is 95.8 Å². The number of ether oxygens (including phenoxy) is 1. The molecule has 1 saturated carbocycles. The third-order valence-electron chi connectivity index (χ3n) is 8.17. The minimum atomic E-state index is -1.18. The molecule has 1 unspecified atom stereocenters. The third-order valence-corrected chi connectivity index (χ3v) is 8.17. The summed E-state index contributed by atoms with van der Waals surface area (Å²) in [6.07, 6.45) is 2.19. The monoisotopic (exact) mass is 529 g/mol. The zero-order chi connectivity index (χ0) is 27.0. The van der Waals surface area contributed by atoms with Crippen molar-refractivity contribution in [2.24, 2.45) is 11.8 Å². The van der Waals surface area contributed by atoms with Gasteiger partial charge >= 0.3 is 5.97 Å². The molecule has 1 aromatic carbocycles. The fourth-order valence-corrected chi connectivity index (χ4v) is 6.00. The van der Waals surface area contributed by atoms with Crippen LogP contribution >= 0.6 is 0 Å². The molecule has 38 heavy (non-hydrogen) atoms. The Balaban J connectivity index is 1.22. The number of hydrogen-bond acceptors (Lipinski definition) is 6. The van der Waals surface area contributed by atoms with Crippen LogP contribution in [0.2, 0.25) is 0 Å². The maximum atomic E-state index is 14.7. The molecular weight excluding hydrogens is 499 g/mol. The van der Waals surface area contributed by atoms with Crippen LogP contribution in [0.15, 0.2) is 36.5 Å². The predicted octanol–water partition coefficient (Wildman–Crippen LogP) is 4.84. The van der Waals surface area contributed by atoms with E-state index in [-0.39, 0.29) is 46.8 Å². The van der Waals surface area contributed by atoms with E-state index in [1.165, 1.54) is 25.3 Å². The first kappa shape index (κ1) is 26.4. The number of aliphatic carboxylic acids is 1. The summed E-state index contributed by atoms with van der Waals surface area (Å²) in [5, 5.41) is 20.9. The molecule has 3 heterocycles. The van der Waals surface area contributed by atoms with Crippen molar-refractivity contribution in [3.05, 3.63) is 65.1 Å². The summed E-state index contributed by atoms with van der Waals surface area (Å²) < 4.78 is 48.1. The maximum absolute atomic E-state index is 14.7. The number of benzene rings is 1. The smallest absolute Gasteiger partial charge is 0.308 e. The van der Waals surface area contributed by atoms with E-state index < -0.39 is 35.4 Å². The number of nitrogens with zero attached hydrogens (tertiary/aromatic N) is 3. The highest BCUT2D eigenvalue weighted by Gasteiger charge is 2.42. The number of rotatable bonds is 8. The molecule has 2 N–H and O–H groups in total. The SMILES string of the molecule is COc1ccc2ncc(F)c(C(O)CC[C@@H]3CCN(C4CC(c5c(F)cccc5F)C4)C[C@@H]3C(=O)O)c2n1. The Morgan fingerprint density at radius 1 is 1.16 bits per heavy atom. The number of piperidine rings is 1. The molecule has 3 aromatic rings. The number of aromatic nitrogens is 2. The van der Waals surface area contributed by atoms with Crippen molar-refractivity contribution >= 4 is 17.0 Å². The van der Waals surface area contributed by atoms with Crippen LogP contribution in [0.3, 0.4) is 0 Å². The van der Waals surface area contributed by atoms with Crippen LogP contribution in [0.1, 0.15) is 55.3 Å². The highest BCUT2D eigenvalue weighted by Crippen LogP contribution is 2.44. The number of pyridine rings is 2. The van der Waals surface area contributed by atoms with E-state index in [0.717, 1.165) is 6.20 Å². The summed E-state index contributed by atoms with van der Waals surface area (Å²) in [5.74, 6) is -3.47. The van der Waals surface area contributed by atoms with Crippen molar-refractivity contribution in [1.29, 1.82) is 0 Å². The minimum absolute atomic E-state index is 0.0269. The van der Waals surface area contributed by atoms with Crippen molar-refractivity contribution in [2.75, 3.05) is 20.2 Å². The summed E-state index contributed by atoms with van der Waals surface area (Å²) >= 11 is 0. The van der Waals surface area contributed by atoms with Crippen LogP contribution in [0, 0.1) is 29.3 Å². The summed E-state index contributed by atoms with van der Waals surface area (Å²) in [4.78, 5) is 22.5. The molecule has 1 aliphatic carbocycles. The lowest BCUT2D eigenvalue weighted by Crippen LogP contribution is -2.52. The average Bonchev–Trinajstić information content (AvgIpc) is 2.87. The van der Waals surface area contributed by atoms with E-state index in [1.807, 2.05) is 0 Å². The molecule has 10 heteroatoms. The van der Waals surface area contributed by atoms with E-state index >= 15 is 0 Å². The Morgan fingerprint density at radius 3 is 2.58 bits per heavy atom. The number of carboxylic acid groups (broad SMARTS) is 1. The van der Waals surface area contributed by atoms with E-state index in [1.54, 1.807) is 12.1 Å². The molecular formula is C28H30F3N3O4. The summed E-state index contributed by atoms with van der Waals surface area (Å²) in [5.41, 5.74) is 0.781. The van der Waals surface area contributed by atoms with E-state index in [9.17, 15) is 28.2 Å². The number of carboxylic acids is 1. The molecule has 2 aromatic heterocycles. The molecule has 0 radical (unpaired) electrons. The fourth-order valence-electron chi connectivity index (χ4n) is 6.00. The van der Waals surface area contributed by atoms with Gasteiger partial charge in [-0.05, 0) is 68.7 Å². The fraction of sp³-hybridized carbons (Fsp3) is 0.464. The van der Waals surface area contributed by atoms with Crippen LogP contribution in [0.25, 0.3) is 11.0 Å². The van der Waals surface area contributed by atoms with Crippen LogP contribution in [0.5, 0.6) is 5.88 Å². The number of likely N-dealkylation sites (tertiary alicyclic amines) is 1. The van der Waals surface area contributed by atoms with Crippen molar-refractivity contribution in [2.45, 2.75) is 50.2 Å². The standard InChI is InChI=1S/C28H30F3N3O4/c1-38-24-8-6-22-27(33-24)26(21(31)13-32-22)23(35)7-5-15-9-10-34(14-18(15)28(36)37)17-11-16(12-17)25-19(29)3-2-4-20(25)30/h2-4,6,8,13,15-18,23,35H,5,7,9-12,14H2,1H3,(H,36,37)/t15-,16?,17?,18+,23?/m1/s1. The highest BCUT2D eigenvalue weighted by molar-refractivity contribution is 5.78. The summed E-state index contributed by atoms with van der Waals surface area (Å²) in [6, 6.07) is 7.19. The molecule has 3 atom stereocenters. The van der Waals surface area contributed by atoms with E-state index in [2.05, 4.69) is 14.9 Å².